The van der Waals surface area contributed by atoms with E-state index in [1.165, 1.54) is 16.4 Å². The van der Waals surface area contributed by atoms with E-state index in [-0.39, 0.29) is 17.3 Å². The summed E-state index contributed by atoms with van der Waals surface area (Å²) in [4.78, 5) is 12.7. The summed E-state index contributed by atoms with van der Waals surface area (Å²) in [5.41, 5.74) is 0.994. The van der Waals surface area contributed by atoms with E-state index in [1.807, 2.05) is 42.5 Å². The van der Waals surface area contributed by atoms with Crippen LogP contribution >= 0.6 is 0 Å². The number of hydrogen-bond donors (Lipinski definition) is 1. The van der Waals surface area contributed by atoms with Gasteiger partial charge in [0.2, 0.25) is 15.9 Å². The van der Waals surface area contributed by atoms with Crippen LogP contribution < -0.4 is 5.32 Å². The highest BCUT2D eigenvalue weighted by Crippen LogP contribution is 2.24. The molecule has 3 aromatic rings. The number of nitrogens with one attached hydrogen (secondary N) is 1. The van der Waals surface area contributed by atoms with Crippen LogP contribution in [-0.4, -0.2) is 31.7 Å². The molecule has 5 nitrogen and oxygen atoms in total. The molecule has 1 amide bonds. The van der Waals surface area contributed by atoms with E-state index in [9.17, 15) is 17.6 Å². The fraction of sp³-hybridized carbons (Fsp3) is 0.261. The highest BCUT2D eigenvalue weighted by molar-refractivity contribution is 7.89. The van der Waals surface area contributed by atoms with Gasteiger partial charge in [-0.1, -0.05) is 36.4 Å². The van der Waals surface area contributed by atoms with Gasteiger partial charge in [0.25, 0.3) is 0 Å². The van der Waals surface area contributed by atoms with Crippen LogP contribution in [0, 0.1) is 11.7 Å². The Morgan fingerprint density at radius 1 is 1.03 bits per heavy atom. The lowest BCUT2D eigenvalue weighted by molar-refractivity contribution is -0.126. The van der Waals surface area contributed by atoms with Gasteiger partial charge in [-0.3, -0.25) is 4.79 Å². The van der Waals surface area contributed by atoms with Gasteiger partial charge in [0.1, 0.15) is 5.82 Å². The van der Waals surface area contributed by atoms with Gasteiger partial charge in [-0.05, 0) is 59.5 Å². The number of rotatable bonds is 5. The molecule has 1 aliphatic heterocycles. The lowest BCUT2D eigenvalue weighted by Crippen LogP contribution is -2.45. The van der Waals surface area contributed by atoms with Gasteiger partial charge in [-0.25, -0.2) is 12.8 Å². The van der Waals surface area contributed by atoms with Crippen molar-refractivity contribution in [3.63, 3.8) is 0 Å². The zero-order chi connectivity index (χ0) is 21.1. The molecule has 0 aromatic heterocycles. The Morgan fingerprint density at radius 3 is 2.53 bits per heavy atom. The van der Waals surface area contributed by atoms with Crippen molar-refractivity contribution in [3.05, 3.63) is 78.1 Å². The summed E-state index contributed by atoms with van der Waals surface area (Å²) in [7, 11) is -3.75. The van der Waals surface area contributed by atoms with Crippen LogP contribution in [0.1, 0.15) is 18.4 Å². The Hall–Kier alpha value is -2.77. The average molecular weight is 427 g/mol. The number of fused-ring (bicyclic) bond motifs is 1. The van der Waals surface area contributed by atoms with Gasteiger partial charge in [-0.15, -0.1) is 0 Å². The SMILES string of the molecule is O=C(NCc1ccc2ccccc2c1)C1CCCN(S(=O)(=O)c2ccc(F)cc2)C1. The second kappa shape index (κ2) is 8.53. The Labute approximate surface area is 175 Å². The lowest BCUT2D eigenvalue weighted by atomic mass is 9.98. The molecule has 7 heteroatoms. The van der Waals surface area contributed by atoms with Crippen LogP contribution in [0.15, 0.2) is 71.6 Å². The van der Waals surface area contributed by atoms with Gasteiger partial charge in [-0.2, -0.15) is 4.31 Å². The summed E-state index contributed by atoms with van der Waals surface area (Å²) in [5.74, 6) is -1.05. The molecular weight excluding hydrogens is 403 g/mol. The summed E-state index contributed by atoms with van der Waals surface area (Å²) in [5, 5.41) is 5.19. The quantitative estimate of drug-likeness (QED) is 0.677. The standard InChI is InChI=1S/C23H23FN2O3S/c24-21-9-11-22(12-10-21)30(28,29)26-13-3-6-20(16-26)23(27)25-15-17-7-8-18-4-1-2-5-19(18)14-17/h1-2,4-5,7-12,14,20H,3,6,13,15-16H2,(H,25,27). The van der Waals surface area contributed by atoms with Crippen molar-refractivity contribution in [1.82, 2.24) is 9.62 Å². The second-order valence-electron chi connectivity index (χ2n) is 7.56. The van der Waals surface area contributed by atoms with Gasteiger partial charge < -0.3 is 5.32 Å². The molecule has 1 fully saturated rings. The third kappa shape index (κ3) is 4.37. The van der Waals surface area contributed by atoms with E-state index in [2.05, 4.69) is 5.32 Å². The minimum Gasteiger partial charge on any atom is -0.352 e. The average Bonchev–Trinajstić information content (AvgIpc) is 2.77. The normalized spacial score (nSPS) is 17.7. The summed E-state index contributed by atoms with van der Waals surface area (Å²) >= 11 is 0. The number of nitrogens with zero attached hydrogens (tertiary/aromatic N) is 1. The van der Waals surface area contributed by atoms with E-state index < -0.39 is 21.8 Å². The highest BCUT2D eigenvalue weighted by Gasteiger charge is 2.33. The van der Waals surface area contributed by atoms with Crippen LogP contribution in [0.3, 0.4) is 0 Å². The van der Waals surface area contributed by atoms with Crippen molar-refractivity contribution < 1.29 is 17.6 Å². The van der Waals surface area contributed by atoms with E-state index in [0.717, 1.165) is 28.5 Å². The zero-order valence-corrected chi connectivity index (χ0v) is 17.2. The number of sulfonamides is 1. The molecular formula is C23H23FN2O3S. The van der Waals surface area contributed by atoms with Crippen molar-refractivity contribution >= 4 is 26.7 Å². The van der Waals surface area contributed by atoms with Crippen LogP contribution in [0.5, 0.6) is 0 Å². The molecule has 0 radical (unpaired) electrons. The monoisotopic (exact) mass is 426 g/mol. The Kier molecular flexibility index (Phi) is 5.83. The number of hydrogen-bond acceptors (Lipinski definition) is 3. The Morgan fingerprint density at radius 2 is 1.77 bits per heavy atom. The van der Waals surface area contributed by atoms with E-state index in [4.69, 9.17) is 0 Å². The van der Waals surface area contributed by atoms with Crippen molar-refractivity contribution in [2.75, 3.05) is 13.1 Å². The second-order valence-corrected chi connectivity index (χ2v) is 9.49. The molecule has 3 aromatic carbocycles. The molecule has 0 saturated carbocycles. The molecule has 0 bridgehead atoms. The Bertz CT molecular complexity index is 1160. The number of halogens is 1. The third-order valence-corrected chi connectivity index (χ3v) is 7.37. The van der Waals surface area contributed by atoms with E-state index >= 15 is 0 Å². The fourth-order valence-electron chi connectivity index (χ4n) is 3.81. The van der Waals surface area contributed by atoms with E-state index in [0.29, 0.717) is 25.9 Å². The van der Waals surface area contributed by atoms with Crippen LogP contribution in [-0.2, 0) is 21.4 Å². The summed E-state index contributed by atoms with van der Waals surface area (Å²) in [6.45, 7) is 0.877. The summed E-state index contributed by atoms with van der Waals surface area (Å²) in [6, 6.07) is 18.8. The number of carbonyl (C=O) groups excluding carboxylic acids is 1. The maximum atomic E-state index is 13.1. The first-order valence-corrected chi connectivity index (χ1v) is 11.4. The van der Waals surface area contributed by atoms with Crippen LogP contribution in [0.4, 0.5) is 4.39 Å². The number of amides is 1. The van der Waals surface area contributed by atoms with Gasteiger partial charge in [0.05, 0.1) is 10.8 Å². The maximum Gasteiger partial charge on any atom is 0.243 e. The molecule has 1 aliphatic rings. The van der Waals surface area contributed by atoms with Gasteiger partial charge >= 0.3 is 0 Å². The lowest BCUT2D eigenvalue weighted by Gasteiger charge is -2.31. The minimum atomic E-state index is -3.75. The molecule has 1 heterocycles. The molecule has 156 valence electrons. The fourth-order valence-corrected chi connectivity index (χ4v) is 5.34. The first-order valence-electron chi connectivity index (χ1n) is 9.94. The topological polar surface area (TPSA) is 66.5 Å². The smallest absolute Gasteiger partial charge is 0.243 e. The predicted octanol–water partition coefficient (Wildman–Crippen LogP) is 3.70. The number of carbonyl (C=O) groups is 1. The number of benzene rings is 3. The minimum absolute atomic E-state index is 0.0427. The summed E-state index contributed by atoms with van der Waals surface area (Å²) in [6.07, 6.45) is 1.24. The maximum absolute atomic E-state index is 13.1. The first-order chi connectivity index (χ1) is 14.4. The van der Waals surface area contributed by atoms with Crippen molar-refractivity contribution in [3.8, 4) is 0 Å². The predicted molar refractivity (Wildman–Crippen MR) is 114 cm³/mol. The molecule has 1 N–H and O–H groups in total. The van der Waals surface area contributed by atoms with Crippen molar-refractivity contribution in [2.24, 2.45) is 5.92 Å². The molecule has 1 saturated heterocycles. The van der Waals surface area contributed by atoms with Gasteiger partial charge in [0.15, 0.2) is 0 Å². The molecule has 0 spiro atoms. The molecule has 30 heavy (non-hydrogen) atoms. The van der Waals surface area contributed by atoms with E-state index in [1.54, 1.807) is 0 Å². The number of piperidine rings is 1. The largest absolute Gasteiger partial charge is 0.352 e. The van der Waals surface area contributed by atoms with Crippen LogP contribution in [0.25, 0.3) is 10.8 Å². The van der Waals surface area contributed by atoms with Crippen molar-refractivity contribution in [2.45, 2.75) is 24.3 Å². The molecule has 1 atom stereocenters. The molecule has 1 unspecified atom stereocenters. The third-order valence-electron chi connectivity index (χ3n) is 5.49. The van der Waals surface area contributed by atoms with Crippen LogP contribution in [0.2, 0.25) is 0 Å². The molecule has 4 rings (SSSR count). The summed E-state index contributed by atoms with van der Waals surface area (Å²) < 4.78 is 40.1. The first kappa shape index (κ1) is 20.5. The van der Waals surface area contributed by atoms with Crippen molar-refractivity contribution in [1.29, 1.82) is 0 Å². The van der Waals surface area contributed by atoms with Gasteiger partial charge in [0, 0.05) is 19.6 Å². The molecule has 0 aliphatic carbocycles. The zero-order valence-electron chi connectivity index (χ0n) is 16.4. The Balaban J connectivity index is 1.41. The highest BCUT2D eigenvalue weighted by atomic mass is 32.2.